The van der Waals surface area contributed by atoms with Crippen LogP contribution in [0.2, 0.25) is 0 Å². The van der Waals surface area contributed by atoms with E-state index < -0.39 is 0 Å². The standard InChI is InChI=1S/C16H26N2O/c1-12(2)18-11-14-10-16(7-8-17-14)19-15-6-4-5-13(3)9-15/h7-8,10,12-13,15,18H,4-6,9,11H2,1-3H3. The lowest BCUT2D eigenvalue weighted by atomic mass is 9.89. The van der Waals surface area contributed by atoms with Crippen LogP contribution < -0.4 is 10.1 Å². The van der Waals surface area contributed by atoms with Gasteiger partial charge < -0.3 is 10.1 Å². The first-order chi connectivity index (χ1) is 9.13. The number of rotatable bonds is 5. The van der Waals surface area contributed by atoms with Crippen molar-refractivity contribution in [2.75, 3.05) is 0 Å². The molecule has 1 aromatic heterocycles. The topological polar surface area (TPSA) is 34.1 Å². The van der Waals surface area contributed by atoms with E-state index in [-0.39, 0.29) is 0 Å². The van der Waals surface area contributed by atoms with Crippen LogP contribution in [0.4, 0.5) is 0 Å². The highest BCUT2D eigenvalue weighted by atomic mass is 16.5. The fraction of sp³-hybridized carbons (Fsp3) is 0.688. The molecule has 2 unspecified atom stereocenters. The number of pyridine rings is 1. The molecule has 0 saturated heterocycles. The highest BCUT2D eigenvalue weighted by Crippen LogP contribution is 2.27. The van der Waals surface area contributed by atoms with E-state index in [1.165, 1.54) is 25.7 Å². The van der Waals surface area contributed by atoms with Crippen molar-refractivity contribution in [3.05, 3.63) is 24.0 Å². The van der Waals surface area contributed by atoms with Crippen molar-refractivity contribution in [2.24, 2.45) is 5.92 Å². The second kappa shape index (κ2) is 6.90. The van der Waals surface area contributed by atoms with Crippen LogP contribution in [0.25, 0.3) is 0 Å². The van der Waals surface area contributed by atoms with Crippen molar-refractivity contribution >= 4 is 0 Å². The van der Waals surface area contributed by atoms with Crippen molar-refractivity contribution in [2.45, 2.75) is 65.1 Å². The fourth-order valence-corrected chi connectivity index (χ4v) is 2.61. The van der Waals surface area contributed by atoms with Gasteiger partial charge in [0.15, 0.2) is 0 Å². The first-order valence-corrected chi connectivity index (χ1v) is 7.48. The molecule has 3 heteroatoms. The smallest absolute Gasteiger partial charge is 0.123 e. The Bertz CT molecular complexity index is 392. The predicted molar refractivity (Wildman–Crippen MR) is 78.3 cm³/mol. The minimum Gasteiger partial charge on any atom is -0.490 e. The second-order valence-electron chi connectivity index (χ2n) is 6.03. The molecule has 0 bridgehead atoms. The zero-order valence-electron chi connectivity index (χ0n) is 12.4. The Morgan fingerprint density at radius 3 is 3.00 bits per heavy atom. The molecule has 1 aliphatic carbocycles. The summed E-state index contributed by atoms with van der Waals surface area (Å²) in [5.74, 6) is 1.76. The van der Waals surface area contributed by atoms with E-state index in [1.54, 1.807) is 0 Å². The summed E-state index contributed by atoms with van der Waals surface area (Å²) in [7, 11) is 0. The van der Waals surface area contributed by atoms with Gasteiger partial charge in [-0.15, -0.1) is 0 Å². The van der Waals surface area contributed by atoms with Crippen molar-refractivity contribution in [3.8, 4) is 5.75 Å². The van der Waals surface area contributed by atoms with Gasteiger partial charge in [0.25, 0.3) is 0 Å². The lowest BCUT2D eigenvalue weighted by molar-refractivity contribution is 0.129. The quantitative estimate of drug-likeness (QED) is 0.881. The minimum absolute atomic E-state index is 0.386. The predicted octanol–water partition coefficient (Wildman–Crippen LogP) is 3.54. The zero-order chi connectivity index (χ0) is 13.7. The first-order valence-electron chi connectivity index (χ1n) is 7.48. The van der Waals surface area contributed by atoms with E-state index in [4.69, 9.17) is 4.74 Å². The van der Waals surface area contributed by atoms with E-state index in [2.05, 4.69) is 37.1 Å². The van der Waals surface area contributed by atoms with Crippen molar-refractivity contribution < 1.29 is 4.74 Å². The van der Waals surface area contributed by atoms with Crippen molar-refractivity contribution in [3.63, 3.8) is 0 Å². The van der Waals surface area contributed by atoms with Gasteiger partial charge >= 0.3 is 0 Å². The molecule has 1 aliphatic rings. The molecule has 3 nitrogen and oxygen atoms in total. The second-order valence-corrected chi connectivity index (χ2v) is 6.03. The van der Waals surface area contributed by atoms with Crippen LogP contribution in [0.15, 0.2) is 18.3 Å². The Balaban J connectivity index is 1.90. The Hall–Kier alpha value is -1.09. The van der Waals surface area contributed by atoms with Gasteiger partial charge in [-0.2, -0.15) is 0 Å². The number of nitrogens with zero attached hydrogens (tertiary/aromatic N) is 1. The average Bonchev–Trinajstić information content (AvgIpc) is 2.37. The summed E-state index contributed by atoms with van der Waals surface area (Å²) in [5, 5.41) is 3.38. The molecule has 2 atom stereocenters. The third kappa shape index (κ3) is 4.83. The Morgan fingerprint density at radius 1 is 1.42 bits per heavy atom. The molecule has 1 N–H and O–H groups in total. The number of nitrogens with one attached hydrogen (secondary N) is 1. The van der Waals surface area contributed by atoms with Crippen molar-refractivity contribution in [1.29, 1.82) is 0 Å². The zero-order valence-corrected chi connectivity index (χ0v) is 12.4. The van der Waals surface area contributed by atoms with Crippen LogP contribution in [-0.2, 0) is 6.54 Å². The molecule has 1 fully saturated rings. The number of aromatic nitrogens is 1. The maximum atomic E-state index is 6.11. The molecule has 0 spiro atoms. The molecular formula is C16H26N2O. The van der Waals surface area contributed by atoms with E-state index in [0.29, 0.717) is 12.1 Å². The largest absolute Gasteiger partial charge is 0.490 e. The summed E-state index contributed by atoms with van der Waals surface area (Å²) < 4.78 is 6.11. The molecule has 1 aromatic rings. The summed E-state index contributed by atoms with van der Waals surface area (Å²) in [4.78, 5) is 4.38. The molecule has 0 aromatic carbocycles. The molecule has 1 saturated carbocycles. The Labute approximate surface area is 116 Å². The third-order valence-corrected chi connectivity index (χ3v) is 3.67. The lowest BCUT2D eigenvalue weighted by Gasteiger charge is -2.27. The van der Waals surface area contributed by atoms with Gasteiger partial charge in [-0.1, -0.05) is 27.2 Å². The molecule has 106 valence electrons. The van der Waals surface area contributed by atoms with E-state index in [1.807, 2.05) is 12.3 Å². The van der Waals surface area contributed by atoms with Gasteiger partial charge in [-0.25, -0.2) is 0 Å². The van der Waals surface area contributed by atoms with Crippen LogP contribution in [0, 0.1) is 5.92 Å². The maximum Gasteiger partial charge on any atom is 0.123 e. The molecule has 1 heterocycles. The Morgan fingerprint density at radius 2 is 2.26 bits per heavy atom. The summed E-state index contributed by atoms with van der Waals surface area (Å²) in [6.07, 6.45) is 7.24. The van der Waals surface area contributed by atoms with E-state index in [0.717, 1.165) is 23.9 Å². The average molecular weight is 262 g/mol. The first kappa shape index (κ1) is 14.3. The highest BCUT2D eigenvalue weighted by molar-refractivity contribution is 5.23. The highest BCUT2D eigenvalue weighted by Gasteiger charge is 2.20. The monoisotopic (exact) mass is 262 g/mol. The molecule has 0 radical (unpaired) electrons. The van der Waals surface area contributed by atoms with Crippen LogP contribution in [-0.4, -0.2) is 17.1 Å². The molecule has 19 heavy (non-hydrogen) atoms. The fourth-order valence-electron chi connectivity index (χ4n) is 2.61. The van der Waals surface area contributed by atoms with Crippen molar-refractivity contribution in [1.82, 2.24) is 10.3 Å². The van der Waals surface area contributed by atoms with Crippen LogP contribution in [0.3, 0.4) is 0 Å². The van der Waals surface area contributed by atoms with Gasteiger partial charge in [0.05, 0.1) is 11.8 Å². The normalized spacial score (nSPS) is 23.6. The lowest BCUT2D eigenvalue weighted by Crippen LogP contribution is -2.24. The van der Waals surface area contributed by atoms with E-state index >= 15 is 0 Å². The minimum atomic E-state index is 0.386. The summed E-state index contributed by atoms with van der Waals surface area (Å²) in [6.45, 7) is 7.41. The van der Waals surface area contributed by atoms with Gasteiger partial charge in [0.2, 0.25) is 0 Å². The van der Waals surface area contributed by atoms with Crippen LogP contribution in [0.1, 0.15) is 52.1 Å². The summed E-state index contributed by atoms with van der Waals surface area (Å²) in [6, 6.07) is 4.51. The molecular weight excluding hydrogens is 236 g/mol. The molecule has 0 amide bonds. The van der Waals surface area contributed by atoms with Gasteiger partial charge in [-0.05, 0) is 31.2 Å². The molecule has 2 rings (SSSR count). The SMILES string of the molecule is CC1CCCC(Oc2ccnc(CNC(C)C)c2)C1. The molecule has 0 aliphatic heterocycles. The summed E-state index contributed by atoms with van der Waals surface area (Å²) in [5.41, 5.74) is 1.05. The van der Waals surface area contributed by atoms with Gasteiger partial charge in [0, 0.05) is 24.8 Å². The third-order valence-electron chi connectivity index (χ3n) is 3.67. The van der Waals surface area contributed by atoms with Gasteiger partial charge in [0.1, 0.15) is 5.75 Å². The number of ether oxygens (including phenoxy) is 1. The number of hydrogen-bond acceptors (Lipinski definition) is 3. The number of hydrogen-bond donors (Lipinski definition) is 1. The van der Waals surface area contributed by atoms with Gasteiger partial charge in [-0.3, -0.25) is 4.98 Å². The summed E-state index contributed by atoms with van der Waals surface area (Å²) >= 11 is 0. The van der Waals surface area contributed by atoms with Crippen LogP contribution in [0.5, 0.6) is 5.75 Å². The maximum absolute atomic E-state index is 6.11. The van der Waals surface area contributed by atoms with E-state index in [9.17, 15) is 0 Å². The van der Waals surface area contributed by atoms with Crippen LogP contribution >= 0.6 is 0 Å². The Kier molecular flexibility index (Phi) is 5.20.